The Morgan fingerprint density at radius 2 is 1.93 bits per heavy atom. The molecule has 0 spiro atoms. The fourth-order valence-corrected chi connectivity index (χ4v) is 3.20. The van der Waals surface area contributed by atoms with Crippen molar-refractivity contribution in [2.75, 3.05) is 5.32 Å². The van der Waals surface area contributed by atoms with Crippen LogP contribution in [0.4, 0.5) is 5.69 Å². The van der Waals surface area contributed by atoms with Crippen LogP contribution in [-0.4, -0.2) is 20.4 Å². The van der Waals surface area contributed by atoms with E-state index in [-0.39, 0.29) is 5.91 Å². The van der Waals surface area contributed by atoms with Gasteiger partial charge in [-0.1, -0.05) is 23.4 Å². The number of hydrogen-bond acceptors (Lipinski definition) is 4. The molecule has 0 aliphatic rings. The predicted molar refractivity (Wildman–Crippen MR) is 104 cm³/mol. The van der Waals surface area contributed by atoms with Gasteiger partial charge >= 0.3 is 0 Å². The second-order valence-corrected chi connectivity index (χ2v) is 6.73. The maximum atomic E-state index is 12.7. The molecule has 136 valence electrons. The van der Waals surface area contributed by atoms with Crippen LogP contribution in [0.1, 0.15) is 32.9 Å². The molecule has 1 N–H and O–H groups in total. The Labute approximate surface area is 156 Å². The molecule has 0 atom stereocenters. The summed E-state index contributed by atoms with van der Waals surface area (Å²) in [5.41, 5.74) is 6.61. The van der Waals surface area contributed by atoms with E-state index < -0.39 is 0 Å². The highest BCUT2D eigenvalue weighted by Gasteiger charge is 2.18. The van der Waals surface area contributed by atoms with Crippen molar-refractivity contribution in [3.63, 3.8) is 0 Å². The summed E-state index contributed by atoms with van der Waals surface area (Å²) in [5, 5.41) is 6.83. The zero-order valence-electron chi connectivity index (χ0n) is 15.7. The first-order valence-electron chi connectivity index (χ1n) is 8.73. The van der Waals surface area contributed by atoms with Crippen molar-refractivity contribution in [3.05, 3.63) is 70.9 Å². The van der Waals surface area contributed by atoms with Crippen LogP contribution in [-0.2, 0) is 0 Å². The van der Waals surface area contributed by atoms with Gasteiger partial charge in [-0.15, -0.1) is 0 Å². The first-order chi connectivity index (χ1) is 12.9. The molecule has 0 saturated heterocycles. The van der Waals surface area contributed by atoms with Gasteiger partial charge in [0.05, 0.1) is 11.4 Å². The molecule has 6 heteroatoms. The number of pyridine rings is 1. The van der Waals surface area contributed by atoms with Crippen LogP contribution >= 0.6 is 0 Å². The summed E-state index contributed by atoms with van der Waals surface area (Å²) in [6.45, 7) is 7.49. The minimum atomic E-state index is -0.225. The fraction of sp³-hybridized carbons (Fsp3) is 0.190. The van der Waals surface area contributed by atoms with Crippen LogP contribution in [0.5, 0.6) is 0 Å². The number of anilines is 1. The standard InChI is InChI=1S/C21H20N4O2/c1-12-7-8-16(18-11-25-9-5-6-13(2)20(25)22-18)10-17(12)23-21(26)19-14(3)24-27-15(19)4/h5-11H,1-4H3,(H,23,26). The van der Waals surface area contributed by atoms with Gasteiger partial charge in [0.2, 0.25) is 0 Å². The van der Waals surface area contributed by atoms with Gasteiger partial charge in [0.1, 0.15) is 17.0 Å². The van der Waals surface area contributed by atoms with Crippen molar-refractivity contribution in [1.82, 2.24) is 14.5 Å². The zero-order valence-corrected chi connectivity index (χ0v) is 15.7. The normalized spacial score (nSPS) is 11.1. The number of amides is 1. The molecule has 0 radical (unpaired) electrons. The van der Waals surface area contributed by atoms with Gasteiger partial charge in [-0.25, -0.2) is 4.98 Å². The topological polar surface area (TPSA) is 72.4 Å². The van der Waals surface area contributed by atoms with E-state index in [1.807, 2.05) is 61.0 Å². The highest BCUT2D eigenvalue weighted by molar-refractivity contribution is 6.06. The van der Waals surface area contributed by atoms with E-state index in [1.54, 1.807) is 13.8 Å². The summed E-state index contributed by atoms with van der Waals surface area (Å²) in [6, 6.07) is 9.98. The van der Waals surface area contributed by atoms with E-state index in [0.29, 0.717) is 17.0 Å². The molecule has 0 bridgehead atoms. The summed E-state index contributed by atoms with van der Waals surface area (Å²) in [6.07, 6.45) is 3.97. The number of imidazole rings is 1. The maximum absolute atomic E-state index is 12.7. The number of carbonyl (C=O) groups excluding carboxylic acids is 1. The lowest BCUT2D eigenvalue weighted by molar-refractivity contribution is 0.102. The summed E-state index contributed by atoms with van der Waals surface area (Å²) in [4.78, 5) is 17.4. The molecule has 1 aromatic carbocycles. The lowest BCUT2D eigenvalue weighted by atomic mass is 10.1. The average molecular weight is 360 g/mol. The van der Waals surface area contributed by atoms with E-state index in [9.17, 15) is 4.79 Å². The average Bonchev–Trinajstić information content (AvgIpc) is 3.21. The third-order valence-electron chi connectivity index (χ3n) is 4.72. The van der Waals surface area contributed by atoms with E-state index in [4.69, 9.17) is 9.51 Å². The number of nitrogens with zero attached hydrogens (tertiary/aromatic N) is 3. The molecule has 27 heavy (non-hydrogen) atoms. The molecule has 0 saturated carbocycles. The van der Waals surface area contributed by atoms with Crippen LogP contribution in [0.15, 0.2) is 47.2 Å². The Kier molecular flexibility index (Phi) is 4.03. The third kappa shape index (κ3) is 2.99. The lowest BCUT2D eigenvalue weighted by Gasteiger charge is -2.10. The van der Waals surface area contributed by atoms with Gasteiger partial charge in [-0.3, -0.25) is 4.79 Å². The number of benzene rings is 1. The smallest absolute Gasteiger partial charge is 0.261 e. The molecular weight excluding hydrogens is 340 g/mol. The quantitative estimate of drug-likeness (QED) is 0.585. The number of rotatable bonds is 3. The Bertz CT molecular complexity index is 1150. The molecule has 1 amide bonds. The van der Waals surface area contributed by atoms with Crippen LogP contribution < -0.4 is 5.32 Å². The summed E-state index contributed by atoms with van der Waals surface area (Å²) in [5.74, 6) is 0.284. The van der Waals surface area contributed by atoms with Crippen molar-refractivity contribution >= 4 is 17.2 Å². The van der Waals surface area contributed by atoms with E-state index in [1.165, 1.54) is 0 Å². The molecule has 3 aromatic heterocycles. The van der Waals surface area contributed by atoms with Crippen molar-refractivity contribution in [3.8, 4) is 11.3 Å². The molecule has 3 heterocycles. The lowest BCUT2D eigenvalue weighted by Crippen LogP contribution is -2.14. The SMILES string of the molecule is Cc1ccc(-c2cn3cccc(C)c3n2)cc1NC(=O)c1c(C)noc1C. The molecule has 0 fully saturated rings. The molecular formula is C21H20N4O2. The highest BCUT2D eigenvalue weighted by Crippen LogP contribution is 2.27. The molecule has 0 aliphatic heterocycles. The Hall–Kier alpha value is -3.41. The van der Waals surface area contributed by atoms with Gasteiger partial charge in [0.25, 0.3) is 5.91 Å². The minimum absolute atomic E-state index is 0.225. The number of aryl methyl sites for hydroxylation is 4. The van der Waals surface area contributed by atoms with Crippen molar-refractivity contribution in [1.29, 1.82) is 0 Å². The molecule has 4 rings (SSSR count). The summed E-state index contributed by atoms with van der Waals surface area (Å²) >= 11 is 0. The first kappa shape index (κ1) is 17.0. The molecule has 0 aliphatic carbocycles. The number of carbonyl (C=O) groups is 1. The van der Waals surface area contributed by atoms with Gasteiger partial charge < -0.3 is 14.2 Å². The predicted octanol–water partition coefficient (Wildman–Crippen LogP) is 4.48. The third-order valence-corrected chi connectivity index (χ3v) is 4.72. The van der Waals surface area contributed by atoms with E-state index >= 15 is 0 Å². The fourth-order valence-electron chi connectivity index (χ4n) is 3.20. The van der Waals surface area contributed by atoms with Crippen LogP contribution in [0, 0.1) is 27.7 Å². The van der Waals surface area contributed by atoms with E-state index in [2.05, 4.69) is 10.5 Å². The Balaban J connectivity index is 1.71. The maximum Gasteiger partial charge on any atom is 0.261 e. The second kappa shape index (κ2) is 6.39. The van der Waals surface area contributed by atoms with Gasteiger partial charge in [0.15, 0.2) is 0 Å². The minimum Gasteiger partial charge on any atom is -0.361 e. The highest BCUT2D eigenvalue weighted by atomic mass is 16.5. The van der Waals surface area contributed by atoms with Crippen LogP contribution in [0.2, 0.25) is 0 Å². The largest absolute Gasteiger partial charge is 0.361 e. The number of hydrogen-bond donors (Lipinski definition) is 1. The zero-order chi connectivity index (χ0) is 19.1. The van der Waals surface area contributed by atoms with Gasteiger partial charge in [-0.2, -0.15) is 0 Å². The van der Waals surface area contributed by atoms with Crippen molar-refractivity contribution < 1.29 is 9.32 Å². The first-order valence-corrected chi connectivity index (χ1v) is 8.73. The number of fused-ring (bicyclic) bond motifs is 1. The van der Waals surface area contributed by atoms with Crippen LogP contribution in [0.25, 0.3) is 16.9 Å². The van der Waals surface area contributed by atoms with Gasteiger partial charge in [0, 0.05) is 23.6 Å². The van der Waals surface area contributed by atoms with Crippen LogP contribution in [0.3, 0.4) is 0 Å². The molecule has 4 aromatic rings. The molecule has 6 nitrogen and oxygen atoms in total. The van der Waals surface area contributed by atoms with Gasteiger partial charge in [-0.05, 0) is 51.0 Å². The summed E-state index contributed by atoms with van der Waals surface area (Å²) in [7, 11) is 0. The second-order valence-electron chi connectivity index (χ2n) is 6.73. The van der Waals surface area contributed by atoms with E-state index in [0.717, 1.165) is 33.7 Å². The monoisotopic (exact) mass is 360 g/mol. The summed E-state index contributed by atoms with van der Waals surface area (Å²) < 4.78 is 7.11. The van der Waals surface area contributed by atoms with Crippen molar-refractivity contribution in [2.24, 2.45) is 0 Å². The molecule has 0 unspecified atom stereocenters. The van der Waals surface area contributed by atoms with Crippen molar-refractivity contribution in [2.45, 2.75) is 27.7 Å². The Morgan fingerprint density at radius 3 is 2.63 bits per heavy atom. The number of nitrogens with one attached hydrogen (secondary N) is 1. The number of aromatic nitrogens is 3. The Morgan fingerprint density at radius 1 is 1.11 bits per heavy atom.